The first-order valence-corrected chi connectivity index (χ1v) is 7.92. The fraction of sp³-hybridized carbons (Fsp3) is 0.286. The average molecular weight is 306 g/mol. The Morgan fingerprint density at radius 3 is 1.65 bits per heavy atom. The summed E-state index contributed by atoms with van der Waals surface area (Å²) in [5.41, 5.74) is 3.97. The Balaban J connectivity index is 2.39. The highest BCUT2D eigenvalue weighted by atomic mass is 16.4. The molecule has 1 aliphatic rings. The van der Waals surface area contributed by atoms with Crippen LogP contribution in [0.25, 0.3) is 5.57 Å². The predicted octanol–water partition coefficient (Wildman–Crippen LogP) is 4.79. The van der Waals surface area contributed by atoms with Gasteiger partial charge in [-0.2, -0.15) is 0 Å². The molecule has 0 spiro atoms. The lowest BCUT2D eigenvalue weighted by Crippen LogP contribution is -2.27. The molecule has 0 unspecified atom stereocenters. The minimum atomic E-state index is -0.861. The van der Waals surface area contributed by atoms with Gasteiger partial charge in [0.15, 0.2) is 0 Å². The smallest absolute Gasteiger partial charge is 0.336 e. The molecule has 0 saturated carbocycles. The van der Waals surface area contributed by atoms with Crippen LogP contribution in [0.1, 0.15) is 44.4 Å². The number of aliphatic carboxylic acids is 1. The molecular formula is C21H22O2. The topological polar surface area (TPSA) is 37.3 Å². The zero-order valence-electron chi connectivity index (χ0n) is 14.1. The van der Waals surface area contributed by atoms with Crippen molar-refractivity contribution in [1.82, 2.24) is 0 Å². The summed E-state index contributed by atoms with van der Waals surface area (Å²) in [6, 6.07) is 17.8. The molecule has 23 heavy (non-hydrogen) atoms. The zero-order chi connectivity index (χ0) is 16.8. The van der Waals surface area contributed by atoms with Crippen LogP contribution in [0, 0.1) is 0 Å². The number of benzene rings is 2. The Kier molecular flexibility index (Phi) is 3.44. The van der Waals surface area contributed by atoms with Crippen molar-refractivity contribution in [2.75, 3.05) is 0 Å². The van der Waals surface area contributed by atoms with Crippen LogP contribution in [-0.2, 0) is 15.6 Å². The van der Waals surface area contributed by atoms with E-state index < -0.39 is 5.97 Å². The second kappa shape index (κ2) is 5.09. The maximum Gasteiger partial charge on any atom is 0.336 e. The lowest BCUT2D eigenvalue weighted by molar-refractivity contribution is -0.130. The summed E-state index contributed by atoms with van der Waals surface area (Å²) in [5, 5.41) is 9.97. The third-order valence-corrected chi connectivity index (χ3v) is 5.05. The molecule has 1 N–H and O–H groups in total. The molecule has 0 atom stereocenters. The summed E-state index contributed by atoms with van der Waals surface area (Å²) < 4.78 is 0. The van der Waals surface area contributed by atoms with Crippen LogP contribution in [0.4, 0.5) is 0 Å². The first-order chi connectivity index (χ1) is 10.8. The molecule has 0 aliphatic heterocycles. The van der Waals surface area contributed by atoms with Crippen LogP contribution >= 0.6 is 0 Å². The molecule has 0 saturated heterocycles. The van der Waals surface area contributed by atoms with Crippen molar-refractivity contribution in [2.45, 2.75) is 38.5 Å². The molecular weight excluding hydrogens is 284 g/mol. The van der Waals surface area contributed by atoms with E-state index in [2.05, 4.69) is 39.8 Å². The highest BCUT2D eigenvalue weighted by Crippen LogP contribution is 2.55. The van der Waals surface area contributed by atoms with Crippen LogP contribution < -0.4 is 0 Å². The van der Waals surface area contributed by atoms with Gasteiger partial charge in [0, 0.05) is 10.8 Å². The number of hydrogen-bond donors (Lipinski definition) is 1. The molecule has 0 radical (unpaired) electrons. The van der Waals surface area contributed by atoms with Crippen LogP contribution in [0.5, 0.6) is 0 Å². The fourth-order valence-electron chi connectivity index (χ4n) is 4.23. The van der Waals surface area contributed by atoms with Crippen LogP contribution in [-0.4, -0.2) is 11.1 Å². The number of rotatable bonds is 2. The molecule has 2 aromatic rings. The van der Waals surface area contributed by atoms with Gasteiger partial charge in [-0.15, -0.1) is 0 Å². The van der Waals surface area contributed by atoms with Gasteiger partial charge in [0.05, 0.1) is 5.57 Å². The minimum absolute atomic E-state index is 0.316. The number of carboxylic acids is 1. The Morgan fingerprint density at radius 2 is 1.22 bits per heavy atom. The van der Waals surface area contributed by atoms with Gasteiger partial charge in [-0.25, -0.2) is 4.79 Å². The molecule has 0 amide bonds. The molecule has 2 nitrogen and oxygen atoms in total. The molecule has 0 heterocycles. The van der Waals surface area contributed by atoms with Gasteiger partial charge in [0.25, 0.3) is 0 Å². The first-order valence-electron chi connectivity index (χ1n) is 7.92. The van der Waals surface area contributed by atoms with Gasteiger partial charge in [-0.1, -0.05) is 82.3 Å². The number of allylic oxidation sites excluding steroid dienone is 1. The molecule has 2 aromatic carbocycles. The van der Waals surface area contributed by atoms with E-state index in [0.717, 1.165) is 11.1 Å². The van der Waals surface area contributed by atoms with Crippen molar-refractivity contribution in [3.05, 3.63) is 76.9 Å². The second-order valence-electron chi connectivity index (χ2n) is 7.22. The summed E-state index contributed by atoms with van der Waals surface area (Å²) in [4.78, 5) is 12.2. The summed E-state index contributed by atoms with van der Waals surface area (Å²) in [6.45, 7) is 8.51. The number of fused-ring (bicyclic) bond motifs is 1. The van der Waals surface area contributed by atoms with E-state index in [1.54, 1.807) is 0 Å². The number of carboxylic acid groups (broad SMARTS) is 1. The molecule has 0 aromatic heterocycles. The zero-order valence-corrected chi connectivity index (χ0v) is 14.1. The third-order valence-electron chi connectivity index (χ3n) is 5.05. The SMILES string of the molecule is CC1(C)C(=C(C(=O)O)c2ccccc2)C(C)(C)c2ccccc21. The Bertz CT molecular complexity index is 759. The normalized spacial score (nSPS) is 17.7. The Hall–Kier alpha value is -2.35. The summed E-state index contributed by atoms with van der Waals surface area (Å²) in [7, 11) is 0. The molecule has 1 aliphatic carbocycles. The second-order valence-corrected chi connectivity index (χ2v) is 7.22. The average Bonchev–Trinajstić information content (AvgIpc) is 2.67. The van der Waals surface area contributed by atoms with Crippen LogP contribution in [0.3, 0.4) is 0 Å². The predicted molar refractivity (Wildman–Crippen MR) is 93.5 cm³/mol. The summed E-state index contributed by atoms with van der Waals surface area (Å²) in [5.74, 6) is -0.861. The minimum Gasteiger partial charge on any atom is -0.478 e. The van der Waals surface area contributed by atoms with Gasteiger partial charge in [-0.05, 0) is 22.3 Å². The van der Waals surface area contributed by atoms with E-state index in [1.807, 2.05) is 42.5 Å². The maximum absolute atomic E-state index is 12.2. The summed E-state index contributed by atoms with van der Waals surface area (Å²) in [6.07, 6.45) is 0. The monoisotopic (exact) mass is 306 g/mol. The molecule has 0 fully saturated rings. The highest BCUT2D eigenvalue weighted by Gasteiger charge is 2.49. The van der Waals surface area contributed by atoms with E-state index >= 15 is 0 Å². The van der Waals surface area contributed by atoms with Crippen molar-refractivity contribution in [3.63, 3.8) is 0 Å². The van der Waals surface area contributed by atoms with Gasteiger partial charge in [0.1, 0.15) is 0 Å². The number of hydrogen-bond acceptors (Lipinski definition) is 1. The summed E-state index contributed by atoms with van der Waals surface area (Å²) >= 11 is 0. The van der Waals surface area contributed by atoms with E-state index in [4.69, 9.17) is 0 Å². The molecule has 118 valence electrons. The standard InChI is InChI=1S/C21H22O2/c1-20(2)15-12-8-9-13-16(15)21(3,4)18(20)17(19(22)23)14-10-6-5-7-11-14/h5-13H,1-4H3,(H,22,23). The van der Waals surface area contributed by atoms with Crippen molar-refractivity contribution in [2.24, 2.45) is 0 Å². The number of carbonyl (C=O) groups is 1. The van der Waals surface area contributed by atoms with E-state index in [1.165, 1.54) is 11.1 Å². The van der Waals surface area contributed by atoms with Crippen molar-refractivity contribution in [1.29, 1.82) is 0 Å². The van der Waals surface area contributed by atoms with Crippen LogP contribution in [0.15, 0.2) is 60.2 Å². The van der Waals surface area contributed by atoms with Crippen molar-refractivity contribution >= 4 is 11.5 Å². The quantitative estimate of drug-likeness (QED) is 0.810. The van der Waals surface area contributed by atoms with Gasteiger partial charge in [0.2, 0.25) is 0 Å². The van der Waals surface area contributed by atoms with E-state index in [0.29, 0.717) is 5.57 Å². The molecule has 3 rings (SSSR count). The maximum atomic E-state index is 12.2. The Labute approximate surface area is 137 Å². The van der Waals surface area contributed by atoms with Crippen molar-refractivity contribution < 1.29 is 9.90 Å². The highest BCUT2D eigenvalue weighted by molar-refractivity contribution is 6.17. The lowest BCUT2D eigenvalue weighted by Gasteiger charge is -2.31. The van der Waals surface area contributed by atoms with Crippen molar-refractivity contribution in [3.8, 4) is 0 Å². The van der Waals surface area contributed by atoms with Crippen LogP contribution in [0.2, 0.25) is 0 Å². The Morgan fingerprint density at radius 1 is 0.783 bits per heavy atom. The molecule has 2 heteroatoms. The molecule has 0 bridgehead atoms. The van der Waals surface area contributed by atoms with Gasteiger partial charge >= 0.3 is 5.97 Å². The first kappa shape index (κ1) is 15.5. The van der Waals surface area contributed by atoms with Gasteiger partial charge < -0.3 is 5.11 Å². The third kappa shape index (κ3) is 2.21. The van der Waals surface area contributed by atoms with Gasteiger partial charge in [-0.3, -0.25) is 0 Å². The lowest BCUT2D eigenvalue weighted by atomic mass is 9.72. The fourth-order valence-corrected chi connectivity index (χ4v) is 4.23. The largest absolute Gasteiger partial charge is 0.478 e. The van der Waals surface area contributed by atoms with E-state index in [9.17, 15) is 9.90 Å². The van der Waals surface area contributed by atoms with E-state index in [-0.39, 0.29) is 10.8 Å².